The first kappa shape index (κ1) is 12.1. The van der Waals surface area contributed by atoms with Crippen molar-refractivity contribution in [3.63, 3.8) is 0 Å². The van der Waals surface area contributed by atoms with E-state index in [0.717, 1.165) is 0 Å². The fourth-order valence-corrected chi connectivity index (χ4v) is 0.371. The monoisotopic (exact) mass is 332 g/mol. The van der Waals surface area contributed by atoms with Crippen LogP contribution in [-0.4, -0.2) is 0 Å². The molecular weight excluding hydrogens is 327 g/mol. The molecule has 1 aromatic carbocycles. The zero-order valence-electron chi connectivity index (χ0n) is 4.77. The molecule has 2 radical (unpaired) electrons. The second-order valence-corrected chi connectivity index (χ2v) is 1.21. The minimum atomic E-state index is -0.303. The third-order valence-corrected chi connectivity index (χ3v) is 0.671. The average molecular weight is 331 g/mol. The maximum atomic E-state index is 11.9. The molecule has 3 heteroatoms. The van der Waals surface area contributed by atoms with Gasteiger partial charge in [0.1, 0.15) is 5.82 Å². The first-order valence-electron chi connectivity index (χ1n) is 2.02. The second kappa shape index (κ2) is 6.49. The Hall–Kier alpha value is 0.375. The van der Waals surface area contributed by atoms with Gasteiger partial charge in [-0.1, -0.05) is 18.2 Å². The van der Waals surface area contributed by atoms with Gasteiger partial charge in [-0.25, -0.2) is 4.39 Å². The van der Waals surface area contributed by atoms with E-state index in [4.69, 9.17) is 0 Å². The zero-order chi connectivity index (χ0) is 5.11. The summed E-state index contributed by atoms with van der Waals surface area (Å²) in [7, 11) is 0. The van der Waals surface area contributed by atoms with Gasteiger partial charge in [-0.15, -0.1) is 0 Å². The third-order valence-electron chi connectivity index (χ3n) is 0.671. The number of hydrogen-bond acceptors (Lipinski definition) is 0. The molecule has 0 amide bonds. The van der Waals surface area contributed by atoms with Crippen LogP contribution in [0.3, 0.4) is 0 Å². The molecule has 0 aromatic heterocycles. The number of rotatable bonds is 0. The molecule has 0 saturated carbocycles. The fraction of sp³-hybridized carbons (Fsp3) is 0. The van der Waals surface area contributed by atoms with Crippen LogP contribution in [0.2, 0.25) is 0 Å². The van der Waals surface area contributed by atoms with Crippen molar-refractivity contribution in [2.75, 3.05) is 0 Å². The smallest absolute Gasteiger partial charge is 1.00 e. The Morgan fingerprint density at radius 1 is 1.33 bits per heavy atom. The van der Waals surface area contributed by atoms with Gasteiger partial charge in [0.15, 0.2) is 0 Å². The van der Waals surface area contributed by atoms with Crippen molar-refractivity contribution >= 4 is 0 Å². The van der Waals surface area contributed by atoms with Crippen LogP contribution in [0.15, 0.2) is 24.3 Å². The first-order valence-corrected chi connectivity index (χ1v) is 2.02. The third kappa shape index (κ3) is 4.85. The summed E-state index contributed by atoms with van der Waals surface area (Å²) < 4.78 is 11.9. The van der Waals surface area contributed by atoms with Gasteiger partial charge in [0.25, 0.3) is 0 Å². The molecule has 0 heterocycles. The number of benzene rings is 1. The minimum absolute atomic E-state index is 0. The largest absolute Gasteiger partial charge is 1.00 e. The molecule has 1 aromatic rings. The molecule has 0 aliphatic rings. The Kier molecular flexibility index (Phi) is 8.72. The van der Waals surface area contributed by atoms with Gasteiger partial charge in [0, 0.05) is 6.07 Å². The normalized spacial score (nSPS) is 6.78. The molecule has 0 saturated heterocycles. The Morgan fingerprint density at radius 3 is 2.22 bits per heavy atom. The Balaban J connectivity index is 0. The summed E-state index contributed by atoms with van der Waals surface area (Å²) >= 11 is 0. The molecule has 9 heavy (non-hydrogen) atoms. The molecule has 0 bridgehead atoms. The van der Waals surface area contributed by atoms with Crippen LogP contribution in [0, 0.1) is 11.9 Å². The molecule has 0 nitrogen and oxygen atoms in total. The van der Waals surface area contributed by atoms with Crippen molar-refractivity contribution in [1.82, 2.24) is 0 Å². The van der Waals surface area contributed by atoms with Gasteiger partial charge >= 0.3 is 27.7 Å². The predicted molar refractivity (Wildman–Crippen MR) is 25.2 cm³/mol. The van der Waals surface area contributed by atoms with Crippen LogP contribution < -0.4 is 12.4 Å². The number of halogens is 2. The van der Waals surface area contributed by atoms with E-state index in [0.29, 0.717) is 0 Å². The Morgan fingerprint density at radius 2 is 2.00 bits per heavy atom. The molecule has 0 unspecified atom stereocenters. The topological polar surface area (TPSA) is 0 Å². The molecular formula is C6H4ClFHg. The molecule has 0 N–H and O–H groups in total. The quantitative estimate of drug-likeness (QED) is 0.515. The van der Waals surface area contributed by atoms with Gasteiger partial charge in [0.2, 0.25) is 0 Å². The van der Waals surface area contributed by atoms with Gasteiger partial charge < -0.3 is 12.4 Å². The van der Waals surface area contributed by atoms with Crippen molar-refractivity contribution in [3.05, 3.63) is 36.1 Å². The molecule has 44 valence electrons. The SMILES string of the molecule is Fc1[c]cccc1.[Cl-].[Hg+]. The summed E-state index contributed by atoms with van der Waals surface area (Å²) in [6.07, 6.45) is 0. The van der Waals surface area contributed by atoms with E-state index in [9.17, 15) is 4.39 Å². The maximum absolute atomic E-state index is 11.9. The summed E-state index contributed by atoms with van der Waals surface area (Å²) in [6, 6.07) is 8.62. The van der Waals surface area contributed by atoms with E-state index in [1.54, 1.807) is 12.1 Å². The Bertz CT molecular complexity index is 143. The summed E-state index contributed by atoms with van der Waals surface area (Å²) in [4.78, 5) is 0. The zero-order valence-corrected chi connectivity index (χ0v) is 11.0. The van der Waals surface area contributed by atoms with Crippen LogP contribution >= 0.6 is 0 Å². The molecule has 1 rings (SSSR count). The van der Waals surface area contributed by atoms with Crippen molar-refractivity contribution < 1.29 is 44.5 Å². The summed E-state index contributed by atoms with van der Waals surface area (Å²) in [5, 5.41) is 0. The van der Waals surface area contributed by atoms with E-state index in [2.05, 4.69) is 6.07 Å². The van der Waals surface area contributed by atoms with E-state index < -0.39 is 0 Å². The van der Waals surface area contributed by atoms with Crippen molar-refractivity contribution in [2.45, 2.75) is 0 Å². The average Bonchev–Trinajstić information content (AvgIpc) is 1.69. The Labute approximate surface area is 80.4 Å². The van der Waals surface area contributed by atoms with Crippen molar-refractivity contribution in [2.24, 2.45) is 0 Å². The van der Waals surface area contributed by atoms with Crippen LogP contribution in [0.5, 0.6) is 0 Å². The van der Waals surface area contributed by atoms with Gasteiger partial charge in [-0.2, -0.15) is 0 Å². The first-order chi connectivity index (χ1) is 3.39. The molecule has 0 aliphatic heterocycles. The molecule has 0 aliphatic carbocycles. The predicted octanol–water partition coefficient (Wildman–Crippen LogP) is -1.37. The van der Waals surface area contributed by atoms with Crippen LogP contribution in [0.4, 0.5) is 4.39 Å². The van der Waals surface area contributed by atoms with E-state index in [1.807, 2.05) is 0 Å². The van der Waals surface area contributed by atoms with Gasteiger partial charge in [0.05, 0.1) is 0 Å². The standard InChI is InChI=1S/C6H4F.ClH.Hg/c7-6-4-2-1-3-5-6;;/h1-4H;1H;/q;;+1/p-1. The van der Waals surface area contributed by atoms with E-state index in [1.165, 1.54) is 12.1 Å². The maximum Gasteiger partial charge on any atom is 1.00 e. The summed E-state index contributed by atoms with van der Waals surface area (Å²) in [5.41, 5.74) is 0. The van der Waals surface area contributed by atoms with Crippen molar-refractivity contribution in [3.8, 4) is 0 Å². The van der Waals surface area contributed by atoms with Gasteiger partial charge in [-0.3, -0.25) is 0 Å². The van der Waals surface area contributed by atoms with E-state index in [-0.39, 0.29) is 45.9 Å². The summed E-state index contributed by atoms with van der Waals surface area (Å²) in [6.45, 7) is 0. The second-order valence-electron chi connectivity index (χ2n) is 1.21. The van der Waals surface area contributed by atoms with Crippen LogP contribution in [0.1, 0.15) is 0 Å². The molecule has 0 atom stereocenters. The minimum Gasteiger partial charge on any atom is -1.00 e. The molecule has 0 fully saturated rings. The molecule has 0 spiro atoms. The van der Waals surface area contributed by atoms with Gasteiger partial charge in [-0.05, 0) is 6.07 Å². The number of hydrogen-bond donors (Lipinski definition) is 0. The van der Waals surface area contributed by atoms with Crippen LogP contribution in [0.25, 0.3) is 0 Å². The fourth-order valence-electron chi connectivity index (χ4n) is 0.371. The van der Waals surface area contributed by atoms with E-state index >= 15 is 0 Å². The summed E-state index contributed by atoms with van der Waals surface area (Å²) in [5.74, 6) is -0.303. The van der Waals surface area contributed by atoms with Crippen molar-refractivity contribution in [1.29, 1.82) is 0 Å². The van der Waals surface area contributed by atoms with Crippen LogP contribution in [-0.2, 0) is 27.7 Å².